The van der Waals surface area contributed by atoms with Crippen molar-refractivity contribution < 1.29 is 14.6 Å². The van der Waals surface area contributed by atoms with Crippen molar-refractivity contribution in [3.63, 3.8) is 0 Å². The van der Waals surface area contributed by atoms with Crippen molar-refractivity contribution in [3.8, 4) is 0 Å². The normalized spacial score (nSPS) is 12.9. The molecule has 2 rings (SSSR count). The maximum absolute atomic E-state index is 10.4. The molecule has 0 saturated heterocycles. The molecule has 152 valence electrons. The largest absolute Gasteiger partial charge is 0.497 e. The monoisotopic (exact) mass is 382 g/mol. The maximum atomic E-state index is 10.4. The summed E-state index contributed by atoms with van der Waals surface area (Å²) >= 11 is 0. The molecule has 0 fully saturated rings. The first-order chi connectivity index (χ1) is 13.5. The summed E-state index contributed by atoms with van der Waals surface area (Å²) in [4.78, 5) is 10.4. The van der Waals surface area contributed by atoms with Crippen LogP contribution in [0.2, 0.25) is 0 Å². The number of hydrogen-bond donors (Lipinski definition) is 1. The number of benzene rings is 1. The molecule has 1 aliphatic rings. The van der Waals surface area contributed by atoms with Gasteiger partial charge in [0.05, 0.1) is 7.11 Å². The Bertz CT molecular complexity index is 698. The van der Waals surface area contributed by atoms with Crippen molar-refractivity contribution >= 4 is 12.0 Å². The number of aliphatic carboxylic acids is 1. The first-order valence-corrected chi connectivity index (χ1v) is 9.55. The Hall–Kier alpha value is -2.81. The lowest BCUT2D eigenvalue weighted by atomic mass is 10.1. The lowest BCUT2D eigenvalue weighted by Crippen LogP contribution is -1.95. The van der Waals surface area contributed by atoms with Crippen molar-refractivity contribution in [1.82, 2.24) is 0 Å². The summed E-state index contributed by atoms with van der Waals surface area (Å²) in [5.41, 5.74) is 3.71. The Balaban J connectivity index is 0.000000454. The third-order valence-corrected chi connectivity index (χ3v) is 3.81. The fraction of sp³-hybridized carbons (Fsp3) is 0.320. The summed E-state index contributed by atoms with van der Waals surface area (Å²) in [6.07, 6.45) is 17.4. The SMILES string of the molecule is C/C=C/c1ccc(C)cc1.C/C=C\C.COC1=CC=C(CCC(=O)O)CC=C1. The number of methoxy groups -OCH3 is 1. The summed E-state index contributed by atoms with van der Waals surface area (Å²) in [6.45, 7) is 8.12. The highest BCUT2D eigenvalue weighted by Crippen LogP contribution is 2.16. The van der Waals surface area contributed by atoms with E-state index in [2.05, 4.69) is 37.3 Å². The minimum Gasteiger partial charge on any atom is -0.497 e. The summed E-state index contributed by atoms with van der Waals surface area (Å²) in [5, 5.41) is 8.53. The number of allylic oxidation sites excluding steroid dienone is 8. The van der Waals surface area contributed by atoms with Crippen LogP contribution in [0.25, 0.3) is 6.08 Å². The highest BCUT2D eigenvalue weighted by atomic mass is 16.5. The molecule has 1 aliphatic carbocycles. The van der Waals surface area contributed by atoms with Crippen molar-refractivity contribution in [2.75, 3.05) is 7.11 Å². The molecule has 0 unspecified atom stereocenters. The van der Waals surface area contributed by atoms with Gasteiger partial charge in [-0.1, -0.05) is 71.9 Å². The highest BCUT2D eigenvalue weighted by molar-refractivity contribution is 5.67. The number of carboxylic acids is 1. The van der Waals surface area contributed by atoms with E-state index in [1.807, 2.05) is 63.3 Å². The Kier molecular flexibility index (Phi) is 14.7. The van der Waals surface area contributed by atoms with Crippen LogP contribution < -0.4 is 0 Å². The Morgan fingerprint density at radius 2 is 1.71 bits per heavy atom. The van der Waals surface area contributed by atoms with Gasteiger partial charge in [-0.15, -0.1) is 0 Å². The average molecular weight is 383 g/mol. The van der Waals surface area contributed by atoms with Gasteiger partial charge in [0.15, 0.2) is 0 Å². The molecule has 0 aromatic heterocycles. The topological polar surface area (TPSA) is 46.5 Å². The van der Waals surface area contributed by atoms with Gasteiger partial charge >= 0.3 is 5.97 Å². The van der Waals surface area contributed by atoms with Gasteiger partial charge in [-0.05, 0) is 58.3 Å². The van der Waals surface area contributed by atoms with Crippen LogP contribution in [0.3, 0.4) is 0 Å². The van der Waals surface area contributed by atoms with Crippen LogP contribution >= 0.6 is 0 Å². The van der Waals surface area contributed by atoms with Gasteiger partial charge in [-0.25, -0.2) is 0 Å². The smallest absolute Gasteiger partial charge is 0.303 e. The Labute approximate surface area is 170 Å². The third-order valence-electron chi connectivity index (χ3n) is 3.81. The van der Waals surface area contributed by atoms with Crippen LogP contribution in [0.4, 0.5) is 0 Å². The zero-order chi connectivity index (χ0) is 21.2. The molecule has 0 amide bonds. The first kappa shape index (κ1) is 25.2. The second-order valence-corrected chi connectivity index (χ2v) is 6.18. The van der Waals surface area contributed by atoms with Gasteiger partial charge in [-0.3, -0.25) is 4.79 Å². The van der Waals surface area contributed by atoms with Gasteiger partial charge in [0, 0.05) is 6.42 Å². The van der Waals surface area contributed by atoms with Crippen molar-refractivity contribution in [1.29, 1.82) is 0 Å². The standard InChI is InChI=1S/C11H14O3.C10H12.C4H8/c1-14-10-4-2-3-9(5-7-10)6-8-11(12)13;1-3-4-10-7-5-9(2)6-8-10;1-3-4-2/h2,4-5,7H,3,6,8H2,1H3,(H,12,13);3-8H,1-2H3;3-4H,1-2H3/b;4-3+;4-3-. The third kappa shape index (κ3) is 13.4. The maximum Gasteiger partial charge on any atom is 0.303 e. The fourth-order valence-corrected chi connectivity index (χ4v) is 2.11. The molecular weight excluding hydrogens is 348 g/mol. The number of ether oxygens (including phenoxy) is 1. The molecule has 3 heteroatoms. The molecule has 1 N–H and O–H groups in total. The van der Waals surface area contributed by atoms with Crippen molar-refractivity contribution in [2.24, 2.45) is 0 Å². The van der Waals surface area contributed by atoms with Gasteiger partial charge in [0.25, 0.3) is 0 Å². The van der Waals surface area contributed by atoms with E-state index in [0.29, 0.717) is 6.42 Å². The van der Waals surface area contributed by atoms with E-state index in [0.717, 1.165) is 17.8 Å². The minimum absolute atomic E-state index is 0.190. The van der Waals surface area contributed by atoms with E-state index in [9.17, 15) is 4.79 Å². The van der Waals surface area contributed by atoms with E-state index in [1.54, 1.807) is 7.11 Å². The van der Waals surface area contributed by atoms with Crippen LogP contribution in [0.15, 0.2) is 78.1 Å². The summed E-state index contributed by atoms with van der Waals surface area (Å²) < 4.78 is 5.06. The lowest BCUT2D eigenvalue weighted by Gasteiger charge is -1.99. The second-order valence-electron chi connectivity index (χ2n) is 6.18. The molecule has 0 radical (unpaired) electrons. The lowest BCUT2D eigenvalue weighted by molar-refractivity contribution is -0.136. The number of rotatable bonds is 5. The molecule has 0 spiro atoms. The van der Waals surface area contributed by atoms with Crippen LogP contribution in [-0.2, 0) is 9.53 Å². The van der Waals surface area contributed by atoms with Crippen molar-refractivity contribution in [3.05, 3.63) is 89.3 Å². The number of carboxylic acid groups (broad SMARTS) is 1. The molecule has 1 aromatic carbocycles. The zero-order valence-electron chi connectivity index (χ0n) is 17.8. The zero-order valence-corrected chi connectivity index (χ0v) is 17.8. The highest BCUT2D eigenvalue weighted by Gasteiger charge is 2.02. The molecule has 0 heterocycles. The molecule has 28 heavy (non-hydrogen) atoms. The Morgan fingerprint density at radius 1 is 1.07 bits per heavy atom. The summed E-state index contributed by atoms with van der Waals surface area (Å²) in [6, 6.07) is 8.48. The van der Waals surface area contributed by atoms with Crippen LogP contribution in [-0.4, -0.2) is 18.2 Å². The first-order valence-electron chi connectivity index (χ1n) is 9.55. The predicted molar refractivity (Wildman–Crippen MR) is 120 cm³/mol. The van der Waals surface area contributed by atoms with Crippen LogP contribution in [0, 0.1) is 6.92 Å². The van der Waals surface area contributed by atoms with Gasteiger partial charge in [0.1, 0.15) is 5.76 Å². The molecular formula is C25H34O3. The quantitative estimate of drug-likeness (QED) is 0.565. The summed E-state index contributed by atoms with van der Waals surface area (Å²) in [5.74, 6) is 0.0467. The molecule has 0 atom stereocenters. The fourth-order valence-electron chi connectivity index (χ4n) is 2.11. The van der Waals surface area contributed by atoms with Gasteiger partial charge in [0.2, 0.25) is 0 Å². The molecule has 1 aromatic rings. The van der Waals surface area contributed by atoms with E-state index in [1.165, 1.54) is 11.1 Å². The number of aryl methyl sites for hydroxylation is 1. The molecule has 0 saturated carbocycles. The van der Waals surface area contributed by atoms with Crippen LogP contribution in [0.5, 0.6) is 0 Å². The van der Waals surface area contributed by atoms with E-state index in [4.69, 9.17) is 9.84 Å². The molecule has 3 nitrogen and oxygen atoms in total. The second kappa shape index (κ2) is 16.4. The minimum atomic E-state index is -0.755. The molecule has 0 bridgehead atoms. The van der Waals surface area contributed by atoms with Crippen LogP contribution in [0.1, 0.15) is 51.2 Å². The van der Waals surface area contributed by atoms with E-state index < -0.39 is 5.97 Å². The number of hydrogen-bond acceptors (Lipinski definition) is 2. The Morgan fingerprint density at radius 3 is 2.21 bits per heavy atom. The van der Waals surface area contributed by atoms with Gasteiger partial charge < -0.3 is 9.84 Å². The summed E-state index contributed by atoms with van der Waals surface area (Å²) in [7, 11) is 1.62. The van der Waals surface area contributed by atoms with E-state index >= 15 is 0 Å². The van der Waals surface area contributed by atoms with Gasteiger partial charge in [-0.2, -0.15) is 0 Å². The van der Waals surface area contributed by atoms with E-state index in [-0.39, 0.29) is 6.42 Å². The molecule has 0 aliphatic heterocycles. The van der Waals surface area contributed by atoms with Crippen molar-refractivity contribution in [2.45, 2.75) is 47.0 Å². The average Bonchev–Trinajstić information content (AvgIpc) is 2.94. The number of carbonyl (C=O) groups is 1. The predicted octanol–water partition coefficient (Wildman–Crippen LogP) is 6.88.